The van der Waals surface area contributed by atoms with Gasteiger partial charge in [-0.3, -0.25) is 0 Å². The molecular weight excluding hydrogens is 270 g/mol. The van der Waals surface area contributed by atoms with Gasteiger partial charge in [-0.05, 0) is 18.4 Å². The van der Waals surface area contributed by atoms with E-state index in [1.165, 1.54) is 36.9 Å². The molecule has 2 aromatic rings. The molecule has 0 aliphatic carbocycles. The average Bonchev–Trinajstić information content (AvgIpc) is 2.62. The molecule has 0 spiro atoms. The third kappa shape index (κ3) is 2.57. The lowest BCUT2D eigenvalue weighted by atomic mass is 9.88. The second kappa shape index (κ2) is 6.23. The third-order valence-electron chi connectivity index (χ3n) is 5.26. The van der Waals surface area contributed by atoms with Crippen molar-refractivity contribution in [3.63, 3.8) is 0 Å². The number of ether oxygens (including phenoxy) is 1. The lowest BCUT2D eigenvalue weighted by Gasteiger charge is -2.45. The standard InChI is InChI=1S/C20H23NO/c1-3-9-16(10-4-1)19-20(17-11-5-2-6-12-17)22-15-18-13-7-8-14-21(18)19/h1-6,9-12,18-20H,7-8,13-15H2/p+1. The molecule has 0 amide bonds. The Bertz CT molecular complexity index is 598. The van der Waals surface area contributed by atoms with Crippen LogP contribution in [0.15, 0.2) is 60.7 Å². The van der Waals surface area contributed by atoms with Crippen LogP contribution >= 0.6 is 0 Å². The summed E-state index contributed by atoms with van der Waals surface area (Å²) < 4.78 is 6.38. The Morgan fingerprint density at radius 1 is 0.818 bits per heavy atom. The quantitative estimate of drug-likeness (QED) is 0.899. The summed E-state index contributed by atoms with van der Waals surface area (Å²) in [5.74, 6) is 0. The predicted octanol–water partition coefficient (Wildman–Crippen LogP) is 2.94. The minimum absolute atomic E-state index is 0.174. The van der Waals surface area contributed by atoms with Gasteiger partial charge in [0, 0.05) is 12.0 Å². The van der Waals surface area contributed by atoms with E-state index in [9.17, 15) is 0 Å². The fraction of sp³-hybridized carbons (Fsp3) is 0.400. The zero-order chi connectivity index (χ0) is 14.8. The maximum atomic E-state index is 6.38. The summed E-state index contributed by atoms with van der Waals surface area (Å²) in [6.07, 6.45) is 4.18. The number of morpholine rings is 1. The molecule has 2 aliphatic heterocycles. The Morgan fingerprint density at radius 3 is 2.23 bits per heavy atom. The van der Waals surface area contributed by atoms with Gasteiger partial charge in [0.05, 0.1) is 13.2 Å². The Hall–Kier alpha value is -1.64. The zero-order valence-electron chi connectivity index (χ0n) is 12.9. The number of hydrogen-bond acceptors (Lipinski definition) is 1. The van der Waals surface area contributed by atoms with E-state index in [0.717, 1.165) is 6.61 Å². The van der Waals surface area contributed by atoms with Gasteiger partial charge >= 0.3 is 0 Å². The smallest absolute Gasteiger partial charge is 0.144 e. The molecule has 0 bridgehead atoms. The zero-order valence-corrected chi connectivity index (χ0v) is 12.9. The summed E-state index contributed by atoms with van der Waals surface area (Å²) >= 11 is 0. The van der Waals surface area contributed by atoms with Crippen LogP contribution in [0.25, 0.3) is 0 Å². The largest absolute Gasteiger partial charge is 0.361 e. The molecular formula is C20H24NO+. The van der Waals surface area contributed by atoms with Crippen molar-refractivity contribution in [2.24, 2.45) is 0 Å². The van der Waals surface area contributed by atoms with Crippen molar-refractivity contribution in [1.29, 1.82) is 0 Å². The van der Waals surface area contributed by atoms with E-state index in [2.05, 4.69) is 60.7 Å². The van der Waals surface area contributed by atoms with Crippen LogP contribution in [0.5, 0.6) is 0 Å². The highest BCUT2D eigenvalue weighted by Gasteiger charge is 2.44. The van der Waals surface area contributed by atoms with Crippen LogP contribution in [0.3, 0.4) is 0 Å². The third-order valence-corrected chi connectivity index (χ3v) is 5.26. The molecule has 2 aromatic carbocycles. The van der Waals surface area contributed by atoms with E-state index in [4.69, 9.17) is 4.74 Å². The Morgan fingerprint density at radius 2 is 1.50 bits per heavy atom. The lowest BCUT2D eigenvalue weighted by Crippen LogP contribution is -3.18. The van der Waals surface area contributed by atoms with Crippen LogP contribution in [-0.2, 0) is 4.74 Å². The number of piperidine rings is 1. The van der Waals surface area contributed by atoms with Crippen LogP contribution in [0.1, 0.15) is 42.5 Å². The first kappa shape index (κ1) is 14.0. The Kier molecular flexibility index (Phi) is 3.96. The molecule has 2 fully saturated rings. The number of nitrogens with one attached hydrogen (secondary N) is 1. The van der Waals surface area contributed by atoms with E-state index in [1.807, 2.05) is 0 Å². The number of benzene rings is 2. The number of rotatable bonds is 2. The van der Waals surface area contributed by atoms with E-state index in [0.29, 0.717) is 12.1 Å². The Balaban J connectivity index is 1.73. The number of fused-ring (bicyclic) bond motifs is 1. The highest BCUT2D eigenvalue weighted by molar-refractivity contribution is 5.25. The molecule has 2 heteroatoms. The first-order chi connectivity index (χ1) is 10.9. The highest BCUT2D eigenvalue weighted by Crippen LogP contribution is 2.33. The first-order valence-corrected chi connectivity index (χ1v) is 8.50. The maximum Gasteiger partial charge on any atom is 0.144 e. The second-order valence-corrected chi connectivity index (χ2v) is 6.57. The SMILES string of the molecule is c1ccc(C2OCC3CCCC[NH+]3C2c2ccccc2)cc1. The van der Waals surface area contributed by atoms with Crippen molar-refractivity contribution >= 4 is 0 Å². The summed E-state index contributed by atoms with van der Waals surface area (Å²) in [4.78, 5) is 1.73. The summed E-state index contributed by atoms with van der Waals surface area (Å²) in [6, 6.07) is 22.8. The summed E-state index contributed by atoms with van der Waals surface area (Å²) in [5.41, 5.74) is 2.73. The molecule has 4 unspecified atom stereocenters. The molecule has 2 aliphatic rings. The van der Waals surface area contributed by atoms with Gasteiger partial charge in [-0.15, -0.1) is 0 Å². The fourth-order valence-corrected chi connectivity index (χ4v) is 4.20. The molecule has 0 saturated carbocycles. The minimum Gasteiger partial charge on any atom is -0.361 e. The van der Waals surface area contributed by atoms with Gasteiger partial charge in [-0.1, -0.05) is 60.7 Å². The van der Waals surface area contributed by atoms with Gasteiger partial charge in [0.2, 0.25) is 0 Å². The molecule has 22 heavy (non-hydrogen) atoms. The number of quaternary nitrogens is 1. The summed E-state index contributed by atoms with van der Waals surface area (Å²) in [5, 5.41) is 0. The topological polar surface area (TPSA) is 13.7 Å². The highest BCUT2D eigenvalue weighted by atomic mass is 16.5. The molecule has 2 heterocycles. The van der Waals surface area contributed by atoms with Gasteiger partial charge in [0.1, 0.15) is 18.2 Å². The second-order valence-electron chi connectivity index (χ2n) is 6.57. The minimum atomic E-state index is 0.174. The van der Waals surface area contributed by atoms with E-state index in [-0.39, 0.29) is 6.10 Å². The van der Waals surface area contributed by atoms with E-state index < -0.39 is 0 Å². The van der Waals surface area contributed by atoms with Crippen molar-refractivity contribution in [2.75, 3.05) is 13.2 Å². The van der Waals surface area contributed by atoms with Crippen molar-refractivity contribution < 1.29 is 9.64 Å². The predicted molar refractivity (Wildman–Crippen MR) is 87.8 cm³/mol. The molecule has 1 N–H and O–H groups in total. The average molecular weight is 294 g/mol. The van der Waals surface area contributed by atoms with Crippen LogP contribution in [0.2, 0.25) is 0 Å². The summed E-state index contributed by atoms with van der Waals surface area (Å²) in [6.45, 7) is 2.18. The van der Waals surface area contributed by atoms with Crippen molar-refractivity contribution in [2.45, 2.75) is 37.5 Å². The van der Waals surface area contributed by atoms with Crippen LogP contribution in [0, 0.1) is 0 Å². The normalized spacial score (nSPS) is 31.5. The first-order valence-electron chi connectivity index (χ1n) is 8.50. The molecule has 4 atom stereocenters. The van der Waals surface area contributed by atoms with Gasteiger partial charge in [-0.25, -0.2) is 0 Å². The summed E-state index contributed by atoms with van der Waals surface area (Å²) in [7, 11) is 0. The molecule has 0 aromatic heterocycles. The fourth-order valence-electron chi connectivity index (χ4n) is 4.20. The molecule has 2 saturated heterocycles. The van der Waals surface area contributed by atoms with Crippen molar-refractivity contribution in [3.05, 3.63) is 71.8 Å². The molecule has 2 nitrogen and oxygen atoms in total. The lowest BCUT2D eigenvalue weighted by molar-refractivity contribution is -0.974. The van der Waals surface area contributed by atoms with Crippen LogP contribution in [-0.4, -0.2) is 19.2 Å². The monoisotopic (exact) mass is 294 g/mol. The van der Waals surface area contributed by atoms with Crippen molar-refractivity contribution in [3.8, 4) is 0 Å². The van der Waals surface area contributed by atoms with Crippen LogP contribution in [0.4, 0.5) is 0 Å². The van der Waals surface area contributed by atoms with Crippen LogP contribution < -0.4 is 4.90 Å². The van der Waals surface area contributed by atoms with Gasteiger partial charge in [-0.2, -0.15) is 0 Å². The van der Waals surface area contributed by atoms with Crippen molar-refractivity contribution in [1.82, 2.24) is 0 Å². The molecule has 0 radical (unpaired) electrons. The maximum absolute atomic E-state index is 6.38. The molecule has 114 valence electrons. The Labute approximate surface area is 132 Å². The van der Waals surface area contributed by atoms with E-state index >= 15 is 0 Å². The van der Waals surface area contributed by atoms with Gasteiger partial charge < -0.3 is 9.64 Å². The molecule has 4 rings (SSSR count). The van der Waals surface area contributed by atoms with Gasteiger partial charge in [0.15, 0.2) is 0 Å². The van der Waals surface area contributed by atoms with E-state index in [1.54, 1.807) is 4.90 Å². The van der Waals surface area contributed by atoms with Gasteiger partial charge in [0.25, 0.3) is 0 Å². The number of hydrogen-bond donors (Lipinski definition) is 1.